The summed E-state index contributed by atoms with van der Waals surface area (Å²) in [6, 6.07) is 7.82. The van der Waals surface area contributed by atoms with Gasteiger partial charge in [0, 0.05) is 39.2 Å². The lowest BCUT2D eigenvalue weighted by Crippen LogP contribution is -2.38. The van der Waals surface area contributed by atoms with Crippen molar-refractivity contribution in [3.63, 3.8) is 0 Å². The summed E-state index contributed by atoms with van der Waals surface area (Å²) in [6.07, 6.45) is 0.488. The molecule has 0 saturated carbocycles. The molecular formula is C16H22N2O2. The second-order valence-electron chi connectivity index (χ2n) is 4.63. The van der Waals surface area contributed by atoms with Gasteiger partial charge in [0.1, 0.15) is 0 Å². The fourth-order valence-corrected chi connectivity index (χ4v) is 1.68. The standard InChI is InChI=1S/C16H22N2O2/c1-4-17(2)16(20)18(3)13-15-10-8-14(9-11-15)7-5-6-12-19/h8-11,19H,4,6,12-13H2,1-3H3. The maximum Gasteiger partial charge on any atom is 0.319 e. The maximum absolute atomic E-state index is 11.9. The van der Waals surface area contributed by atoms with Crippen molar-refractivity contribution >= 4 is 6.03 Å². The van der Waals surface area contributed by atoms with E-state index in [1.807, 2.05) is 31.2 Å². The SMILES string of the molecule is CCN(C)C(=O)N(C)Cc1ccc(C#CCCO)cc1. The predicted molar refractivity (Wildman–Crippen MR) is 80.2 cm³/mol. The second-order valence-corrected chi connectivity index (χ2v) is 4.63. The smallest absolute Gasteiger partial charge is 0.319 e. The van der Waals surface area contributed by atoms with Gasteiger partial charge in [0.05, 0.1) is 6.61 Å². The highest BCUT2D eigenvalue weighted by atomic mass is 16.2. The fourth-order valence-electron chi connectivity index (χ4n) is 1.68. The highest BCUT2D eigenvalue weighted by molar-refractivity contribution is 5.73. The van der Waals surface area contributed by atoms with E-state index in [9.17, 15) is 4.79 Å². The zero-order valence-electron chi connectivity index (χ0n) is 12.4. The normalized spacial score (nSPS) is 9.60. The molecule has 0 radical (unpaired) electrons. The fraction of sp³-hybridized carbons (Fsp3) is 0.438. The van der Waals surface area contributed by atoms with Gasteiger partial charge in [-0.3, -0.25) is 0 Å². The Kier molecular flexibility index (Phi) is 6.61. The quantitative estimate of drug-likeness (QED) is 0.853. The molecule has 0 atom stereocenters. The second kappa shape index (κ2) is 8.23. The van der Waals surface area contributed by atoms with Gasteiger partial charge in [-0.25, -0.2) is 4.79 Å². The number of carbonyl (C=O) groups is 1. The highest BCUT2D eigenvalue weighted by Crippen LogP contribution is 2.07. The molecule has 0 heterocycles. The van der Waals surface area contributed by atoms with Crippen LogP contribution in [0, 0.1) is 11.8 Å². The number of rotatable bonds is 4. The number of benzene rings is 1. The van der Waals surface area contributed by atoms with Gasteiger partial charge in [0.15, 0.2) is 0 Å². The van der Waals surface area contributed by atoms with Crippen LogP contribution in [0.3, 0.4) is 0 Å². The molecule has 108 valence electrons. The molecule has 0 aliphatic carbocycles. The molecule has 0 aromatic heterocycles. The first kappa shape index (κ1) is 16.1. The van der Waals surface area contributed by atoms with E-state index in [1.165, 1.54) is 0 Å². The van der Waals surface area contributed by atoms with Crippen LogP contribution in [0.2, 0.25) is 0 Å². The lowest BCUT2D eigenvalue weighted by Gasteiger charge is -2.23. The van der Waals surface area contributed by atoms with Crippen molar-refractivity contribution in [2.24, 2.45) is 0 Å². The zero-order valence-corrected chi connectivity index (χ0v) is 12.4. The van der Waals surface area contributed by atoms with Gasteiger partial charge in [-0.1, -0.05) is 24.0 Å². The number of aliphatic hydroxyl groups is 1. The summed E-state index contributed by atoms with van der Waals surface area (Å²) in [5, 5.41) is 8.66. The monoisotopic (exact) mass is 274 g/mol. The number of hydrogen-bond donors (Lipinski definition) is 1. The van der Waals surface area contributed by atoms with Crippen LogP contribution in [-0.4, -0.2) is 48.2 Å². The van der Waals surface area contributed by atoms with Gasteiger partial charge < -0.3 is 14.9 Å². The minimum Gasteiger partial charge on any atom is -0.395 e. The maximum atomic E-state index is 11.9. The predicted octanol–water partition coefficient (Wildman–Crippen LogP) is 1.92. The summed E-state index contributed by atoms with van der Waals surface area (Å²) in [5.41, 5.74) is 1.99. The average Bonchev–Trinajstić information content (AvgIpc) is 2.47. The van der Waals surface area contributed by atoms with Crippen molar-refractivity contribution < 1.29 is 9.90 Å². The molecule has 4 heteroatoms. The molecule has 2 amide bonds. The van der Waals surface area contributed by atoms with Gasteiger partial charge >= 0.3 is 6.03 Å². The zero-order chi connectivity index (χ0) is 15.0. The van der Waals surface area contributed by atoms with Crippen LogP contribution in [0.4, 0.5) is 4.79 Å². The van der Waals surface area contributed by atoms with Crippen molar-refractivity contribution in [3.05, 3.63) is 35.4 Å². The Morgan fingerprint density at radius 3 is 2.40 bits per heavy atom. The molecule has 0 spiro atoms. The number of amides is 2. The Morgan fingerprint density at radius 2 is 1.85 bits per heavy atom. The van der Waals surface area contributed by atoms with E-state index >= 15 is 0 Å². The molecule has 4 nitrogen and oxygen atoms in total. The molecule has 1 aromatic rings. The topological polar surface area (TPSA) is 43.8 Å². The first-order valence-electron chi connectivity index (χ1n) is 6.73. The molecule has 0 bridgehead atoms. The Balaban J connectivity index is 2.62. The molecule has 0 saturated heterocycles. The van der Waals surface area contributed by atoms with Gasteiger partial charge in [-0.15, -0.1) is 0 Å². The van der Waals surface area contributed by atoms with Crippen LogP contribution in [0.25, 0.3) is 0 Å². The molecule has 0 unspecified atom stereocenters. The van der Waals surface area contributed by atoms with Crippen LogP contribution < -0.4 is 0 Å². The van der Waals surface area contributed by atoms with Crippen molar-refractivity contribution in [1.29, 1.82) is 0 Å². The summed E-state index contributed by atoms with van der Waals surface area (Å²) in [4.78, 5) is 15.3. The van der Waals surface area contributed by atoms with Gasteiger partial charge in [-0.05, 0) is 24.6 Å². The molecule has 0 aliphatic rings. The third kappa shape index (κ3) is 4.94. The minimum absolute atomic E-state index is 0.0133. The third-order valence-corrected chi connectivity index (χ3v) is 2.97. The van der Waals surface area contributed by atoms with E-state index in [0.29, 0.717) is 19.5 Å². The molecule has 20 heavy (non-hydrogen) atoms. The van der Waals surface area contributed by atoms with Crippen LogP contribution in [0.5, 0.6) is 0 Å². The summed E-state index contributed by atoms with van der Waals surface area (Å²) in [7, 11) is 3.59. The third-order valence-electron chi connectivity index (χ3n) is 2.97. The first-order chi connectivity index (χ1) is 9.58. The van der Waals surface area contributed by atoms with Crippen LogP contribution in [-0.2, 0) is 6.54 Å². The van der Waals surface area contributed by atoms with E-state index in [2.05, 4.69) is 11.8 Å². The Bertz CT molecular complexity index is 485. The summed E-state index contributed by atoms with van der Waals surface area (Å²) in [6.45, 7) is 3.31. The van der Waals surface area contributed by atoms with Crippen molar-refractivity contribution in [2.45, 2.75) is 19.9 Å². The highest BCUT2D eigenvalue weighted by Gasteiger charge is 2.12. The molecule has 1 aromatic carbocycles. The number of urea groups is 1. The first-order valence-corrected chi connectivity index (χ1v) is 6.73. The summed E-state index contributed by atoms with van der Waals surface area (Å²) < 4.78 is 0. The van der Waals surface area contributed by atoms with E-state index in [0.717, 1.165) is 11.1 Å². The van der Waals surface area contributed by atoms with Crippen molar-refractivity contribution in [3.8, 4) is 11.8 Å². The lowest BCUT2D eigenvalue weighted by atomic mass is 10.1. The summed E-state index contributed by atoms with van der Waals surface area (Å²) in [5.74, 6) is 5.86. The van der Waals surface area contributed by atoms with E-state index in [4.69, 9.17) is 5.11 Å². The number of aliphatic hydroxyl groups excluding tert-OH is 1. The Morgan fingerprint density at radius 1 is 1.20 bits per heavy atom. The van der Waals surface area contributed by atoms with Gasteiger partial charge in [-0.2, -0.15) is 0 Å². The average molecular weight is 274 g/mol. The number of nitrogens with zero attached hydrogens (tertiary/aromatic N) is 2. The Hall–Kier alpha value is -1.99. The molecule has 1 N–H and O–H groups in total. The van der Waals surface area contributed by atoms with E-state index < -0.39 is 0 Å². The largest absolute Gasteiger partial charge is 0.395 e. The minimum atomic E-state index is 0.0133. The van der Waals surface area contributed by atoms with Crippen molar-refractivity contribution in [2.75, 3.05) is 27.2 Å². The summed E-state index contributed by atoms with van der Waals surface area (Å²) >= 11 is 0. The van der Waals surface area contributed by atoms with E-state index in [1.54, 1.807) is 23.9 Å². The lowest BCUT2D eigenvalue weighted by molar-refractivity contribution is 0.173. The van der Waals surface area contributed by atoms with Crippen LogP contribution in [0.1, 0.15) is 24.5 Å². The van der Waals surface area contributed by atoms with Crippen LogP contribution >= 0.6 is 0 Å². The molecule has 0 fully saturated rings. The van der Waals surface area contributed by atoms with Crippen LogP contribution in [0.15, 0.2) is 24.3 Å². The number of hydrogen-bond acceptors (Lipinski definition) is 2. The molecule has 1 rings (SSSR count). The van der Waals surface area contributed by atoms with Crippen molar-refractivity contribution in [1.82, 2.24) is 9.80 Å². The number of carbonyl (C=O) groups excluding carboxylic acids is 1. The van der Waals surface area contributed by atoms with Gasteiger partial charge in [0.25, 0.3) is 0 Å². The Labute approximate surface area is 121 Å². The van der Waals surface area contributed by atoms with Gasteiger partial charge in [0.2, 0.25) is 0 Å². The molecular weight excluding hydrogens is 252 g/mol. The molecule has 0 aliphatic heterocycles. The van der Waals surface area contributed by atoms with E-state index in [-0.39, 0.29) is 12.6 Å².